The first-order chi connectivity index (χ1) is 9.58. The molecule has 0 heterocycles. The Balaban J connectivity index is 2.10. The first kappa shape index (κ1) is 14.3. The zero-order valence-electron chi connectivity index (χ0n) is 11.8. The fourth-order valence-corrected chi connectivity index (χ4v) is 2.03. The fraction of sp³-hybridized carbons (Fsp3) is 0.312. The number of hydrogen-bond acceptors (Lipinski definition) is 2. The van der Waals surface area contributed by atoms with E-state index in [-0.39, 0.29) is 6.03 Å². The quantitative estimate of drug-likeness (QED) is 0.898. The maximum atomic E-state index is 12.1. The summed E-state index contributed by atoms with van der Waals surface area (Å²) in [5, 5.41) is 14.3. The number of anilines is 1. The van der Waals surface area contributed by atoms with Crippen molar-refractivity contribution in [3.8, 4) is 0 Å². The van der Waals surface area contributed by atoms with E-state index >= 15 is 0 Å². The summed E-state index contributed by atoms with van der Waals surface area (Å²) in [6.45, 7) is 2.24. The molecule has 0 radical (unpaired) electrons. The number of urea groups is 1. The van der Waals surface area contributed by atoms with Crippen LogP contribution in [0.1, 0.15) is 13.3 Å². The lowest BCUT2D eigenvalue weighted by molar-refractivity contribution is 0.167. The zero-order valence-corrected chi connectivity index (χ0v) is 11.8. The highest BCUT2D eigenvalue weighted by Gasteiger charge is 2.11. The van der Waals surface area contributed by atoms with Crippen LogP contribution in [0.3, 0.4) is 0 Å². The lowest BCUT2D eigenvalue weighted by Crippen LogP contribution is -2.33. The van der Waals surface area contributed by atoms with Gasteiger partial charge in [-0.15, -0.1) is 0 Å². The van der Waals surface area contributed by atoms with E-state index < -0.39 is 6.10 Å². The predicted molar refractivity (Wildman–Crippen MR) is 81.9 cm³/mol. The Bertz CT molecular complexity index is 591. The van der Waals surface area contributed by atoms with Gasteiger partial charge in [0.05, 0.1) is 11.8 Å². The molecule has 2 rings (SSSR count). The number of carbonyl (C=O) groups is 1. The van der Waals surface area contributed by atoms with Crippen molar-refractivity contribution in [3.63, 3.8) is 0 Å². The van der Waals surface area contributed by atoms with Crippen molar-refractivity contribution < 1.29 is 9.90 Å². The molecule has 0 aliphatic heterocycles. The van der Waals surface area contributed by atoms with Crippen LogP contribution in [0.5, 0.6) is 0 Å². The van der Waals surface area contributed by atoms with Crippen molar-refractivity contribution in [3.05, 3.63) is 42.5 Å². The molecule has 20 heavy (non-hydrogen) atoms. The van der Waals surface area contributed by atoms with E-state index in [9.17, 15) is 9.90 Å². The Morgan fingerprint density at radius 3 is 2.70 bits per heavy atom. The molecule has 0 spiro atoms. The average Bonchev–Trinajstić information content (AvgIpc) is 2.45. The molecule has 1 unspecified atom stereocenters. The topological polar surface area (TPSA) is 52.6 Å². The summed E-state index contributed by atoms with van der Waals surface area (Å²) in [6.07, 6.45) is 0.169. The number of aliphatic hydroxyl groups is 1. The molecule has 0 aliphatic rings. The summed E-state index contributed by atoms with van der Waals surface area (Å²) in [5.41, 5.74) is 0.803. The maximum Gasteiger partial charge on any atom is 0.321 e. The molecular formula is C16H20N2O2. The molecule has 0 saturated heterocycles. The van der Waals surface area contributed by atoms with E-state index in [4.69, 9.17) is 0 Å². The highest BCUT2D eigenvalue weighted by Crippen LogP contribution is 2.23. The SMILES string of the molecule is CC(O)CCN(C)C(=O)Nc1cccc2ccccc12. The molecule has 2 aromatic rings. The zero-order chi connectivity index (χ0) is 14.5. The van der Waals surface area contributed by atoms with Gasteiger partial charge in [-0.3, -0.25) is 0 Å². The second kappa shape index (κ2) is 6.39. The van der Waals surface area contributed by atoms with Crippen LogP contribution in [0.25, 0.3) is 10.8 Å². The smallest absolute Gasteiger partial charge is 0.321 e. The van der Waals surface area contributed by atoms with Crippen molar-refractivity contribution in [1.29, 1.82) is 0 Å². The third-order valence-corrected chi connectivity index (χ3v) is 3.26. The van der Waals surface area contributed by atoms with Gasteiger partial charge in [0.25, 0.3) is 0 Å². The summed E-state index contributed by atoms with van der Waals surface area (Å²) in [6, 6.07) is 13.6. The molecular weight excluding hydrogens is 252 g/mol. The lowest BCUT2D eigenvalue weighted by Gasteiger charge is -2.19. The second-order valence-corrected chi connectivity index (χ2v) is 5.02. The van der Waals surface area contributed by atoms with Crippen LogP contribution in [0.15, 0.2) is 42.5 Å². The van der Waals surface area contributed by atoms with Gasteiger partial charge in [-0.05, 0) is 24.8 Å². The molecule has 0 aromatic heterocycles. The maximum absolute atomic E-state index is 12.1. The van der Waals surface area contributed by atoms with Gasteiger partial charge in [0.15, 0.2) is 0 Å². The highest BCUT2D eigenvalue weighted by atomic mass is 16.3. The van der Waals surface area contributed by atoms with Crippen LogP contribution in [0.2, 0.25) is 0 Å². The van der Waals surface area contributed by atoms with E-state index in [2.05, 4.69) is 5.32 Å². The van der Waals surface area contributed by atoms with Crippen LogP contribution in [-0.2, 0) is 0 Å². The Morgan fingerprint density at radius 1 is 1.25 bits per heavy atom. The molecule has 4 heteroatoms. The van der Waals surface area contributed by atoms with Crippen molar-refractivity contribution in [2.75, 3.05) is 18.9 Å². The summed E-state index contributed by atoms with van der Waals surface area (Å²) in [7, 11) is 1.73. The van der Waals surface area contributed by atoms with E-state index in [1.807, 2.05) is 42.5 Å². The van der Waals surface area contributed by atoms with Crippen LogP contribution >= 0.6 is 0 Å². The number of fused-ring (bicyclic) bond motifs is 1. The predicted octanol–water partition coefficient (Wildman–Crippen LogP) is 3.07. The summed E-state index contributed by atoms with van der Waals surface area (Å²) in [4.78, 5) is 13.7. The number of nitrogens with zero attached hydrogens (tertiary/aromatic N) is 1. The first-order valence-electron chi connectivity index (χ1n) is 6.76. The van der Waals surface area contributed by atoms with Gasteiger partial charge in [-0.1, -0.05) is 36.4 Å². The largest absolute Gasteiger partial charge is 0.393 e. The number of carbonyl (C=O) groups excluding carboxylic acids is 1. The molecule has 0 saturated carbocycles. The van der Waals surface area contributed by atoms with Gasteiger partial charge in [-0.2, -0.15) is 0 Å². The Labute approximate surface area is 119 Å². The third kappa shape index (κ3) is 3.48. The standard InChI is InChI=1S/C16H20N2O2/c1-12(19)10-11-18(2)16(20)17-15-9-5-7-13-6-3-4-8-14(13)15/h3-9,12,19H,10-11H2,1-2H3,(H,17,20). The van der Waals surface area contributed by atoms with E-state index in [0.29, 0.717) is 13.0 Å². The van der Waals surface area contributed by atoms with Crippen molar-refractivity contribution in [1.82, 2.24) is 4.90 Å². The molecule has 106 valence electrons. The minimum absolute atomic E-state index is 0.165. The van der Waals surface area contributed by atoms with Crippen LogP contribution < -0.4 is 5.32 Å². The summed E-state index contributed by atoms with van der Waals surface area (Å²) in [5.74, 6) is 0. The van der Waals surface area contributed by atoms with Gasteiger partial charge < -0.3 is 15.3 Å². The Hall–Kier alpha value is -2.07. The van der Waals surface area contributed by atoms with Crippen molar-refractivity contribution >= 4 is 22.5 Å². The van der Waals surface area contributed by atoms with Crippen molar-refractivity contribution in [2.24, 2.45) is 0 Å². The molecule has 1 atom stereocenters. The number of nitrogens with one attached hydrogen (secondary N) is 1. The fourth-order valence-electron chi connectivity index (χ4n) is 2.03. The third-order valence-electron chi connectivity index (χ3n) is 3.26. The van der Waals surface area contributed by atoms with Gasteiger partial charge in [0.2, 0.25) is 0 Å². The van der Waals surface area contributed by atoms with Crippen LogP contribution in [0, 0.1) is 0 Å². The van der Waals surface area contributed by atoms with E-state index in [0.717, 1.165) is 16.5 Å². The second-order valence-electron chi connectivity index (χ2n) is 5.02. The number of benzene rings is 2. The lowest BCUT2D eigenvalue weighted by atomic mass is 10.1. The minimum Gasteiger partial charge on any atom is -0.393 e. The molecule has 2 amide bonds. The van der Waals surface area contributed by atoms with Crippen LogP contribution in [-0.4, -0.2) is 35.7 Å². The molecule has 2 N–H and O–H groups in total. The number of hydrogen-bond donors (Lipinski definition) is 2. The average molecular weight is 272 g/mol. The van der Waals surface area contributed by atoms with E-state index in [1.54, 1.807) is 18.9 Å². The van der Waals surface area contributed by atoms with Gasteiger partial charge >= 0.3 is 6.03 Å². The van der Waals surface area contributed by atoms with Gasteiger partial charge in [-0.25, -0.2) is 4.79 Å². The number of amides is 2. The number of aliphatic hydroxyl groups excluding tert-OH is 1. The monoisotopic (exact) mass is 272 g/mol. The van der Waals surface area contributed by atoms with Gasteiger partial charge in [0.1, 0.15) is 0 Å². The summed E-state index contributed by atoms with van der Waals surface area (Å²) >= 11 is 0. The van der Waals surface area contributed by atoms with E-state index in [1.165, 1.54) is 0 Å². The Morgan fingerprint density at radius 2 is 1.95 bits per heavy atom. The minimum atomic E-state index is -0.400. The van der Waals surface area contributed by atoms with Gasteiger partial charge in [0, 0.05) is 19.0 Å². The van der Waals surface area contributed by atoms with Crippen LogP contribution in [0.4, 0.5) is 10.5 Å². The normalized spacial score (nSPS) is 12.2. The highest BCUT2D eigenvalue weighted by molar-refractivity contribution is 6.01. The molecule has 2 aromatic carbocycles. The van der Waals surface area contributed by atoms with Crippen molar-refractivity contribution in [2.45, 2.75) is 19.4 Å². The first-order valence-corrected chi connectivity index (χ1v) is 6.76. The molecule has 0 aliphatic carbocycles. The Kier molecular flexibility index (Phi) is 4.58. The molecule has 0 fully saturated rings. The molecule has 4 nitrogen and oxygen atoms in total. The summed E-state index contributed by atoms with van der Waals surface area (Å²) < 4.78 is 0. The number of rotatable bonds is 4. The molecule has 0 bridgehead atoms.